The number of amides is 1. The summed E-state index contributed by atoms with van der Waals surface area (Å²) in [5, 5.41) is 11.9. The number of nitro benzene ring substituents is 1. The number of aryl methyl sites for hydroxylation is 2. The van der Waals surface area contributed by atoms with Crippen molar-refractivity contribution in [2.45, 2.75) is 20.3 Å². The molecule has 1 aromatic carbocycles. The fraction of sp³-hybridized carbons (Fsp3) is 0.462. The number of halogens is 1. The monoisotopic (exact) mass is 326 g/mol. The van der Waals surface area contributed by atoms with Crippen molar-refractivity contribution in [3.63, 3.8) is 0 Å². The largest absolute Gasteiger partial charge is 0.306 e. The second kappa shape index (κ2) is 5.28. The average Bonchev–Trinajstić information content (AvgIpc) is 2.69. The number of nitrogens with zero attached hydrogens (tertiary/aromatic N) is 2. The molecule has 1 saturated heterocycles. The molecule has 0 bridgehead atoms. The van der Waals surface area contributed by atoms with Gasteiger partial charge in [-0.1, -0.05) is 22.0 Å². The Morgan fingerprint density at radius 3 is 2.68 bits per heavy atom. The summed E-state index contributed by atoms with van der Waals surface area (Å²) in [6.07, 6.45) is 0.440. The molecule has 1 amide bonds. The first-order valence-corrected chi connectivity index (χ1v) is 7.18. The van der Waals surface area contributed by atoms with Crippen LogP contribution in [0.4, 0.5) is 11.4 Å². The highest BCUT2D eigenvalue weighted by molar-refractivity contribution is 9.09. The first kappa shape index (κ1) is 14.0. The molecule has 0 N–H and O–H groups in total. The van der Waals surface area contributed by atoms with Gasteiger partial charge in [0, 0.05) is 24.4 Å². The van der Waals surface area contributed by atoms with Crippen molar-refractivity contribution in [2.75, 3.05) is 16.8 Å². The summed E-state index contributed by atoms with van der Waals surface area (Å²) >= 11 is 3.37. The van der Waals surface area contributed by atoms with E-state index in [2.05, 4.69) is 15.9 Å². The SMILES string of the molecule is Cc1cc(C)c(N2CC(CBr)CC2=O)c([N+](=O)[O-])c1. The van der Waals surface area contributed by atoms with Gasteiger partial charge in [-0.25, -0.2) is 0 Å². The van der Waals surface area contributed by atoms with Crippen LogP contribution in [-0.2, 0) is 4.79 Å². The van der Waals surface area contributed by atoms with E-state index in [9.17, 15) is 14.9 Å². The third-order valence-corrected chi connectivity index (χ3v) is 4.23. The molecule has 1 aliphatic heterocycles. The number of hydrogen-bond donors (Lipinski definition) is 0. The van der Waals surface area contributed by atoms with Crippen molar-refractivity contribution >= 4 is 33.2 Å². The van der Waals surface area contributed by atoms with Gasteiger partial charge < -0.3 is 4.90 Å². The van der Waals surface area contributed by atoms with Crippen molar-refractivity contribution in [3.05, 3.63) is 33.4 Å². The molecule has 0 aliphatic carbocycles. The van der Waals surface area contributed by atoms with Gasteiger partial charge in [-0.3, -0.25) is 14.9 Å². The van der Waals surface area contributed by atoms with Crippen LogP contribution in [0.15, 0.2) is 12.1 Å². The molecule has 19 heavy (non-hydrogen) atoms. The van der Waals surface area contributed by atoms with Crippen molar-refractivity contribution in [3.8, 4) is 0 Å². The van der Waals surface area contributed by atoms with E-state index in [4.69, 9.17) is 0 Å². The molecular weight excluding hydrogens is 312 g/mol. The van der Waals surface area contributed by atoms with E-state index < -0.39 is 4.92 Å². The van der Waals surface area contributed by atoms with Gasteiger partial charge in [-0.05, 0) is 30.9 Å². The maximum Gasteiger partial charge on any atom is 0.293 e. The highest BCUT2D eigenvalue weighted by Crippen LogP contribution is 2.36. The Morgan fingerprint density at radius 1 is 1.47 bits per heavy atom. The van der Waals surface area contributed by atoms with Gasteiger partial charge in [-0.15, -0.1) is 0 Å². The third-order valence-electron chi connectivity index (χ3n) is 3.31. The fourth-order valence-electron chi connectivity index (χ4n) is 2.53. The molecule has 6 heteroatoms. The number of alkyl halides is 1. The molecule has 2 rings (SSSR count). The van der Waals surface area contributed by atoms with Crippen molar-refractivity contribution < 1.29 is 9.72 Å². The van der Waals surface area contributed by atoms with Crippen LogP contribution >= 0.6 is 15.9 Å². The molecule has 1 aliphatic rings. The lowest BCUT2D eigenvalue weighted by molar-refractivity contribution is -0.384. The first-order chi connectivity index (χ1) is 8.93. The molecule has 5 nitrogen and oxygen atoms in total. The maximum absolute atomic E-state index is 12.0. The van der Waals surface area contributed by atoms with E-state index in [1.165, 1.54) is 6.07 Å². The van der Waals surface area contributed by atoms with Crippen LogP contribution in [0.2, 0.25) is 0 Å². The molecule has 0 spiro atoms. The van der Waals surface area contributed by atoms with Crippen LogP contribution in [0.5, 0.6) is 0 Å². The lowest BCUT2D eigenvalue weighted by Gasteiger charge is -2.19. The summed E-state index contributed by atoms with van der Waals surface area (Å²) in [6.45, 7) is 4.16. The minimum atomic E-state index is -0.413. The number of rotatable bonds is 3. The Bertz CT molecular complexity index is 545. The molecule has 0 aromatic heterocycles. The molecular formula is C13H15BrN2O3. The minimum absolute atomic E-state index is 0.0149. The van der Waals surface area contributed by atoms with Crippen LogP contribution in [-0.4, -0.2) is 22.7 Å². The molecule has 102 valence electrons. The average molecular weight is 327 g/mol. The minimum Gasteiger partial charge on any atom is -0.306 e. The Morgan fingerprint density at radius 2 is 2.16 bits per heavy atom. The smallest absolute Gasteiger partial charge is 0.293 e. The van der Waals surface area contributed by atoms with Gasteiger partial charge in [0.1, 0.15) is 5.69 Å². The Hall–Kier alpha value is -1.43. The number of hydrogen-bond acceptors (Lipinski definition) is 3. The summed E-state index contributed by atoms with van der Waals surface area (Å²) in [5.74, 6) is 0.173. The number of anilines is 1. The molecule has 1 heterocycles. The lowest BCUT2D eigenvalue weighted by atomic mass is 10.1. The van der Waals surface area contributed by atoms with E-state index in [0.717, 1.165) is 16.5 Å². The molecule has 0 saturated carbocycles. The number of carbonyl (C=O) groups excluding carboxylic acids is 1. The molecule has 1 unspecified atom stereocenters. The number of benzene rings is 1. The van der Waals surface area contributed by atoms with Crippen LogP contribution in [0, 0.1) is 29.9 Å². The van der Waals surface area contributed by atoms with Gasteiger partial charge in [0.05, 0.1) is 4.92 Å². The molecule has 0 radical (unpaired) electrons. The lowest BCUT2D eigenvalue weighted by Crippen LogP contribution is -2.26. The molecule has 1 atom stereocenters. The Balaban J connectivity index is 2.50. The van der Waals surface area contributed by atoms with Gasteiger partial charge in [0.15, 0.2) is 0 Å². The highest BCUT2D eigenvalue weighted by Gasteiger charge is 2.34. The van der Waals surface area contributed by atoms with E-state index in [1.54, 1.807) is 4.90 Å². The van der Waals surface area contributed by atoms with Gasteiger partial charge in [0.2, 0.25) is 5.91 Å². The third kappa shape index (κ3) is 2.63. The standard InChI is InChI=1S/C13H15BrN2O3/c1-8-3-9(2)13(11(4-8)16(18)19)15-7-10(6-14)5-12(15)17/h3-4,10H,5-7H2,1-2H3. The van der Waals surface area contributed by atoms with Gasteiger partial charge in [0.25, 0.3) is 5.69 Å². The Kier molecular flexibility index (Phi) is 3.89. The number of nitro groups is 1. The van der Waals surface area contributed by atoms with Gasteiger partial charge in [-0.2, -0.15) is 0 Å². The summed E-state index contributed by atoms with van der Waals surface area (Å²) in [5.41, 5.74) is 2.07. The highest BCUT2D eigenvalue weighted by atomic mass is 79.9. The van der Waals surface area contributed by atoms with Crippen molar-refractivity contribution in [1.82, 2.24) is 0 Å². The van der Waals surface area contributed by atoms with E-state index in [0.29, 0.717) is 18.7 Å². The van der Waals surface area contributed by atoms with E-state index >= 15 is 0 Å². The zero-order valence-electron chi connectivity index (χ0n) is 10.9. The first-order valence-electron chi connectivity index (χ1n) is 6.06. The number of carbonyl (C=O) groups is 1. The van der Waals surface area contributed by atoms with Crippen LogP contribution in [0.1, 0.15) is 17.5 Å². The van der Waals surface area contributed by atoms with Crippen molar-refractivity contribution in [2.24, 2.45) is 5.92 Å². The van der Waals surface area contributed by atoms with Gasteiger partial charge >= 0.3 is 0 Å². The normalized spacial score (nSPS) is 19.0. The second-order valence-corrected chi connectivity index (χ2v) is 5.58. The zero-order valence-corrected chi connectivity index (χ0v) is 12.4. The quantitative estimate of drug-likeness (QED) is 0.487. The van der Waals surface area contributed by atoms with Crippen LogP contribution < -0.4 is 4.90 Å². The predicted octanol–water partition coefficient (Wildman–Crippen LogP) is 2.96. The second-order valence-electron chi connectivity index (χ2n) is 4.94. The summed E-state index contributed by atoms with van der Waals surface area (Å²) in [4.78, 5) is 24.4. The molecule has 1 aromatic rings. The predicted molar refractivity (Wildman–Crippen MR) is 76.8 cm³/mol. The van der Waals surface area contributed by atoms with E-state index in [1.807, 2.05) is 19.9 Å². The summed E-state index contributed by atoms with van der Waals surface area (Å²) in [7, 11) is 0. The van der Waals surface area contributed by atoms with Crippen LogP contribution in [0.25, 0.3) is 0 Å². The zero-order chi connectivity index (χ0) is 14.2. The topological polar surface area (TPSA) is 63.5 Å². The van der Waals surface area contributed by atoms with Crippen LogP contribution in [0.3, 0.4) is 0 Å². The Labute approximate surface area is 119 Å². The van der Waals surface area contributed by atoms with Crippen molar-refractivity contribution in [1.29, 1.82) is 0 Å². The molecule has 1 fully saturated rings. The summed E-state index contributed by atoms with van der Waals surface area (Å²) in [6, 6.07) is 3.40. The van der Waals surface area contributed by atoms with E-state index in [-0.39, 0.29) is 17.5 Å². The fourth-order valence-corrected chi connectivity index (χ4v) is 2.96. The summed E-state index contributed by atoms with van der Waals surface area (Å²) < 4.78 is 0. The maximum atomic E-state index is 12.0.